The van der Waals surface area contributed by atoms with E-state index in [-0.39, 0.29) is 26.3 Å². The zero-order valence-electron chi connectivity index (χ0n) is 9.56. The number of aliphatic hydroxyl groups is 2. The van der Waals surface area contributed by atoms with Crippen molar-refractivity contribution < 1.29 is 24.9 Å². The third-order valence-corrected chi connectivity index (χ3v) is 2.99. The lowest BCUT2D eigenvalue weighted by Gasteiger charge is -2.39. The van der Waals surface area contributed by atoms with Gasteiger partial charge in [-0.15, -0.1) is 0 Å². The van der Waals surface area contributed by atoms with Gasteiger partial charge < -0.3 is 25.5 Å². The highest BCUT2D eigenvalue weighted by Gasteiger charge is 2.46. The monoisotopic (exact) mass is 246 g/mol. The summed E-state index contributed by atoms with van der Waals surface area (Å²) < 4.78 is 0. The number of carboxylic acid groups (broad SMARTS) is 1. The fourth-order valence-electron chi connectivity index (χ4n) is 1.76. The van der Waals surface area contributed by atoms with Gasteiger partial charge in [-0.1, -0.05) is 0 Å². The van der Waals surface area contributed by atoms with Crippen molar-refractivity contribution in [3.05, 3.63) is 0 Å². The third kappa shape index (κ3) is 3.07. The number of urea groups is 1. The standard InChI is InChI=1S/C10H18N2O5/c13-6-4-12(5-7-14)9(17)11-10(8(15)16)2-1-3-10/h13-14H,1-7H2,(H,11,17)(H,15,16). The highest BCUT2D eigenvalue weighted by molar-refractivity contribution is 5.87. The van der Waals surface area contributed by atoms with Gasteiger partial charge in [0.25, 0.3) is 0 Å². The first-order valence-corrected chi connectivity index (χ1v) is 5.58. The number of rotatable bonds is 6. The summed E-state index contributed by atoms with van der Waals surface area (Å²) in [5.41, 5.74) is -1.17. The van der Waals surface area contributed by atoms with E-state index in [1.165, 1.54) is 4.90 Å². The van der Waals surface area contributed by atoms with Gasteiger partial charge in [0.15, 0.2) is 0 Å². The number of carbonyl (C=O) groups is 2. The third-order valence-electron chi connectivity index (χ3n) is 2.99. The average molecular weight is 246 g/mol. The largest absolute Gasteiger partial charge is 0.480 e. The maximum Gasteiger partial charge on any atom is 0.329 e. The number of hydrogen-bond donors (Lipinski definition) is 4. The Kier molecular flexibility index (Phi) is 4.71. The molecule has 0 aromatic carbocycles. The molecule has 1 fully saturated rings. The number of nitrogens with one attached hydrogen (secondary N) is 1. The van der Waals surface area contributed by atoms with E-state index in [2.05, 4.69) is 5.32 Å². The lowest BCUT2D eigenvalue weighted by atomic mass is 9.77. The highest BCUT2D eigenvalue weighted by atomic mass is 16.4. The fraction of sp³-hybridized carbons (Fsp3) is 0.800. The van der Waals surface area contributed by atoms with Crippen molar-refractivity contribution >= 4 is 12.0 Å². The van der Waals surface area contributed by atoms with E-state index in [9.17, 15) is 9.59 Å². The molecular formula is C10H18N2O5. The smallest absolute Gasteiger partial charge is 0.329 e. The van der Waals surface area contributed by atoms with E-state index in [1.54, 1.807) is 0 Å². The Bertz CT molecular complexity index is 284. The topological polar surface area (TPSA) is 110 Å². The lowest BCUT2D eigenvalue weighted by molar-refractivity contribution is -0.148. The minimum Gasteiger partial charge on any atom is -0.480 e. The van der Waals surface area contributed by atoms with Gasteiger partial charge >= 0.3 is 12.0 Å². The quantitative estimate of drug-likeness (QED) is 0.480. The highest BCUT2D eigenvalue weighted by Crippen LogP contribution is 2.32. The molecule has 0 spiro atoms. The molecule has 0 bridgehead atoms. The first-order valence-electron chi connectivity index (χ1n) is 5.58. The second-order valence-corrected chi connectivity index (χ2v) is 4.11. The molecule has 1 rings (SSSR count). The minimum absolute atomic E-state index is 0.0715. The van der Waals surface area contributed by atoms with E-state index in [1.807, 2.05) is 0 Å². The van der Waals surface area contributed by atoms with Crippen molar-refractivity contribution in [3.63, 3.8) is 0 Å². The van der Waals surface area contributed by atoms with Crippen LogP contribution in [0, 0.1) is 0 Å². The number of carboxylic acids is 1. The summed E-state index contributed by atoms with van der Waals surface area (Å²) in [4.78, 5) is 24.0. The van der Waals surface area contributed by atoms with Crippen molar-refractivity contribution in [3.8, 4) is 0 Å². The van der Waals surface area contributed by atoms with Crippen molar-refractivity contribution in [2.45, 2.75) is 24.8 Å². The van der Waals surface area contributed by atoms with Crippen molar-refractivity contribution in [2.75, 3.05) is 26.3 Å². The molecule has 1 aliphatic carbocycles. The second-order valence-electron chi connectivity index (χ2n) is 4.11. The summed E-state index contributed by atoms with van der Waals surface area (Å²) in [6.45, 7) is -0.314. The molecule has 2 amide bonds. The molecule has 0 saturated heterocycles. The predicted octanol–water partition coefficient (Wildman–Crippen LogP) is -1.01. The summed E-state index contributed by atoms with van der Waals surface area (Å²) in [5, 5.41) is 29.0. The summed E-state index contributed by atoms with van der Waals surface area (Å²) in [5.74, 6) is -1.04. The number of hydrogen-bond acceptors (Lipinski definition) is 4. The summed E-state index contributed by atoms with van der Waals surface area (Å²) in [7, 11) is 0. The van der Waals surface area contributed by atoms with Gasteiger partial charge in [0.05, 0.1) is 13.2 Å². The number of carbonyl (C=O) groups excluding carboxylic acids is 1. The van der Waals surface area contributed by atoms with Gasteiger partial charge in [-0.05, 0) is 19.3 Å². The molecule has 0 aliphatic heterocycles. The minimum atomic E-state index is -1.17. The molecule has 4 N–H and O–H groups in total. The van der Waals surface area contributed by atoms with Crippen LogP contribution in [0.15, 0.2) is 0 Å². The SMILES string of the molecule is O=C(NC1(C(=O)O)CCC1)N(CCO)CCO. The molecule has 0 unspecified atom stereocenters. The Morgan fingerprint density at radius 3 is 2.00 bits per heavy atom. The fourth-order valence-corrected chi connectivity index (χ4v) is 1.76. The van der Waals surface area contributed by atoms with Crippen LogP contribution in [0.2, 0.25) is 0 Å². The zero-order valence-corrected chi connectivity index (χ0v) is 9.56. The summed E-state index contributed by atoms with van der Waals surface area (Å²) in [6.07, 6.45) is 1.60. The molecule has 0 heterocycles. The van der Waals surface area contributed by atoms with Crippen molar-refractivity contribution in [2.24, 2.45) is 0 Å². The molecule has 98 valence electrons. The molecule has 7 heteroatoms. The molecular weight excluding hydrogens is 228 g/mol. The Morgan fingerprint density at radius 1 is 1.18 bits per heavy atom. The number of nitrogens with zero attached hydrogens (tertiary/aromatic N) is 1. The van der Waals surface area contributed by atoms with Gasteiger partial charge in [0.2, 0.25) is 0 Å². The molecule has 7 nitrogen and oxygen atoms in total. The van der Waals surface area contributed by atoms with E-state index < -0.39 is 17.5 Å². The van der Waals surface area contributed by atoms with Gasteiger partial charge in [-0.3, -0.25) is 0 Å². The van der Waals surface area contributed by atoms with E-state index in [0.717, 1.165) is 6.42 Å². The zero-order chi connectivity index (χ0) is 12.9. The Balaban J connectivity index is 2.59. The van der Waals surface area contributed by atoms with Crippen LogP contribution in [0.25, 0.3) is 0 Å². The number of aliphatic hydroxyl groups excluding tert-OH is 2. The van der Waals surface area contributed by atoms with Crippen LogP contribution in [0.4, 0.5) is 4.79 Å². The van der Waals surface area contributed by atoms with Crippen LogP contribution in [0.3, 0.4) is 0 Å². The lowest BCUT2D eigenvalue weighted by Crippen LogP contribution is -2.62. The van der Waals surface area contributed by atoms with E-state index >= 15 is 0 Å². The molecule has 1 aliphatic rings. The van der Waals surface area contributed by atoms with Crippen LogP contribution < -0.4 is 5.32 Å². The Labute approximate surface area is 99.0 Å². The number of aliphatic carboxylic acids is 1. The maximum absolute atomic E-state index is 11.8. The Morgan fingerprint density at radius 2 is 1.71 bits per heavy atom. The summed E-state index contributed by atoms with van der Waals surface area (Å²) in [6, 6.07) is -0.560. The predicted molar refractivity (Wildman–Crippen MR) is 58.5 cm³/mol. The van der Waals surface area contributed by atoms with Gasteiger partial charge in [-0.2, -0.15) is 0 Å². The van der Waals surface area contributed by atoms with Crippen LogP contribution in [-0.4, -0.2) is 64.1 Å². The van der Waals surface area contributed by atoms with E-state index in [0.29, 0.717) is 12.8 Å². The average Bonchev–Trinajstić information content (AvgIpc) is 2.22. The molecule has 0 radical (unpaired) electrons. The molecule has 0 aromatic heterocycles. The molecule has 0 atom stereocenters. The van der Waals surface area contributed by atoms with Crippen molar-refractivity contribution in [1.29, 1.82) is 0 Å². The molecule has 0 aromatic rings. The first-order chi connectivity index (χ1) is 8.05. The van der Waals surface area contributed by atoms with Gasteiger partial charge in [-0.25, -0.2) is 9.59 Å². The molecule has 1 saturated carbocycles. The van der Waals surface area contributed by atoms with Crippen LogP contribution >= 0.6 is 0 Å². The summed E-state index contributed by atoms with van der Waals surface area (Å²) >= 11 is 0. The normalized spacial score (nSPS) is 17.1. The van der Waals surface area contributed by atoms with Gasteiger partial charge in [0.1, 0.15) is 5.54 Å². The first kappa shape index (κ1) is 13.7. The van der Waals surface area contributed by atoms with Crippen molar-refractivity contribution in [1.82, 2.24) is 10.2 Å². The van der Waals surface area contributed by atoms with Crippen LogP contribution in [0.1, 0.15) is 19.3 Å². The maximum atomic E-state index is 11.8. The second kappa shape index (κ2) is 5.83. The van der Waals surface area contributed by atoms with Crippen LogP contribution in [-0.2, 0) is 4.79 Å². The van der Waals surface area contributed by atoms with E-state index in [4.69, 9.17) is 15.3 Å². The number of amides is 2. The van der Waals surface area contributed by atoms with Crippen LogP contribution in [0.5, 0.6) is 0 Å². The Hall–Kier alpha value is -1.34. The molecule has 17 heavy (non-hydrogen) atoms. The van der Waals surface area contributed by atoms with Gasteiger partial charge in [0, 0.05) is 13.1 Å².